The Morgan fingerprint density at radius 1 is 0.925 bits per heavy atom. The minimum Gasteiger partial charge on any atom is -0.377 e. The zero-order valence-electron chi connectivity index (χ0n) is 26.8. The fourth-order valence-corrected chi connectivity index (χ4v) is 12.8. The number of allylic oxidation sites excluding steroid dienone is 1. The molecule has 5 saturated carbocycles. The molecule has 2 heterocycles. The van der Waals surface area contributed by atoms with Gasteiger partial charge in [0.05, 0.1) is 18.9 Å². The normalized spacial score (nSPS) is 49.7. The van der Waals surface area contributed by atoms with Crippen molar-refractivity contribution < 1.29 is 9.53 Å². The SMILES string of the molecule is Cc1c(/C=C2\C[C@@]3(C)C(CC[C@]4(C)C3CCC3C5[C@@H]6OC[C@@]5(CCC6(C)C)CC[C@]34C)C(C)(C)C2=O)cnn1C. The molecule has 0 N–H and O–H groups in total. The van der Waals surface area contributed by atoms with Gasteiger partial charge in [-0.25, -0.2) is 0 Å². The van der Waals surface area contributed by atoms with Gasteiger partial charge >= 0.3 is 0 Å². The highest BCUT2D eigenvalue weighted by Gasteiger charge is 2.73. The van der Waals surface area contributed by atoms with Gasteiger partial charge < -0.3 is 4.74 Å². The summed E-state index contributed by atoms with van der Waals surface area (Å²) < 4.78 is 8.69. The Hall–Kier alpha value is -1.42. The average molecular weight is 547 g/mol. The lowest BCUT2D eigenvalue weighted by Gasteiger charge is -2.73. The smallest absolute Gasteiger partial charge is 0.164 e. The van der Waals surface area contributed by atoms with Gasteiger partial charge in [-0.1, -0.05) is 48.5 Å². The summed E-state index contributed by atoms with van der Waals surface area (Å²) in [5.74, 6) is 2.96. The first kappa shape index (κ1) is 27.4. The number of aryl methyl sites for hydroxylation is 1. The molecule has 9 atom stereocenters. The van der Waals surface area contributed by atoms with Crippen molar-refractivity contribution in [1.82, 2.24) is 9.78 Å². The van der Waals surface area contributed by atoms with E-state index >= 15 is 0 Å². The van der Waals surface area contributed by atoms with Gasteiger partial charge in [-0.3, -0.25) is 9.48 Å². The van der Waals surface area contributed by atoms with Crippen molar-refractivity contribution in [2.45, 2.75) is 119 Å². The van der Waals surface area contributed by atoms with Crippen LogP contribution in [0.5, 0.6) is 0 Å². The van der Waals surface area contributed by atoms with Crippen LogP contribution >= 0.6 is 0 Å². The van der Waals surface area contributed by atoms with Gasteiger partial charge in [0, 0.05) is 23.7 Å². The van der Waals surface area contributed by atoms with Crippen LogP contribution < -0.4 is 0 Å². The highest BCUT2D eigenvalue weighted by Crippen LogP contribution is 2.78. The van der Waals surface area contributed by atoms with Crippen LogP contribution in [0.15, 0.2) is 11.8 Å². The summed E-state index contributed by atoms with van der Waals surface area (Å²) in [4.78, 5) is 14.1. The average Bonchev–Trinajstić information content (AvgIpc) is 3.39. The Labute approximate surface area is 243 Å². The van der Waals surface area contributed by atoms with E-state index < -0.39 is 0 Å². The number of Topliss-reactive ketones (excluding diaryl/α,β-unsaturated/α-hetero) is 1. The monoisotopic (exact) mass is 546 g/mol. The molecule has 220 valence electrons. The van der Waals surface area contributed by atoms with Crippen molar-refractivity contribution in [2.75, 3.05) is 6.61 Å². The maximum Gasteiger partial charge on any atom is 0.164 e. The van der Waals surface area contributed by atoms with E-state index in [0.717, 1.165) is 41.7 Å². The molecule has 4 nitrogen and oxygen atoms in total. The molecule has 0 aromatic carbocycles. The van der Waals surface area contributed by atoms with Crippen LogP contribution in [0.25, 0.3) is 6.08 Å². The number of nitrogens with zero attached hydrogens (tertiary/aromatic N) is 2. The van der Waals surface area contributed by atoms with Crippen LogP contribution in [-0.4, -0.2) is 28.3 Å². The third-order valence-electron chi connectivity index (χ3n) is 15.3. The lowest BCUT2D eigenvalue weighted by molar-refractivity contribution is -0.236. The van der Waals surface area contributed by atoms with Crippen molar-refractivity contribution >= 4 is 11.9 Å². The molecule has 1 aromatic heterocycles. The molecular weight excluding hydrogens is 492 g/mol. The van der Waals surface area contributed by atoms with Crippen LogP contribution in [0.1, 0.15) is 118 Å². The zero-order valence-corrected chi connectivity index (χ0v) is 26.8. The molecular formula is C36H54N2O2. The summed E-state index contributed by atoms with van der Waals surface area (Å²) in [6.45, 7) is 20.6. The predicted octanol–water partition coefficient (Wildman–Crippen LogP) is 8.18. The molecule has 7 rings (SSSR count). The number of ether oxygens (including phenoxy) is 1. The van der Waals surface area contributed by atoms with Gasteiger partial charge in [0.2, 0.25) is 0 Å². The largest absolute Gasteiger partial charge is 0.377 e. The first-order valence-corrected chi connectivity index (χ1v) is 16.5. The molecule has 4 unspecified atom stereocenters. The second-order valence-electron chi connectivity index (χ2n) is 17.5. The van der Waals surface area contributed by atoms with Crippen molar-refractivity contribution in [3.63, 3.8) is 0 Å². The molecule has 2 bridgehead atoms. The first-order valence-electron chi connectivity index (χ1n) is 16.5. The number of fused-ring (bicyclic) bond motifs is 5. The fourth-order valence-electron chi connectivity index (χ4n) is 12.8. The number of hydrogen-bond donors (Lipinski definition) is 0. The summed E-state index contributed by atoms with van der Waals surface area (Å²) >= 11 is 0. The van der Waals surface area contributed by atoms with Gasteiger partial charge in [0.25, 0.3) is 0 Å². The summed E-state index contributed by atoms with van der Waals surface area (Å²) in [5, 5.41) is 4.48. The number of carbonyl (C=O) groups excluding carboxylic acids is 1. The van der Waals surface area contributed by atoms with Crippen LogP contribution in [-0.2, 0) is 16.6 Å². The number of ketones is 1. The Bertz CT molecular complexity index is 1290. The van der Waals surface area contributed by atoms with Gasteiger partial charge in [-0.15, -0.1) is 0 Å². The topological polar surface area (TPSA) is 44.1 Å². The molecule has 0 radical (unpaired) electrons. The Morgan fingerprint density at radius 2 is 1.65 bits per heavy atom. The summed E-state index contributed by atoms with van der Waals surface area (Å²) in [5.41, 5.74) is 4.46. The molecule has 6 aliphatic rings. The lowest BCUT2D eigenvalue weighted by Crippen LogP contribution is -2.67. The molecule has 5 aliphatic carbocycles. The van der Waals surface area contributed by atoms with Gasteiger partial charge in [-0.2, -0.15) is 5.10 Å². The maximum atomic E-state index is 14.1. The molecule has 1 aliphatic heterocycles. The second kappa shape index (κ2) is 8.14. The quantitative estimate of drug-likeness (QED) is 0.334. The maximum absolute atomic E-state index is 14.1. The van der Waals surface area contributed by atoms with E-state index in [4.69, 9.17) is 4.74 Å². The molecule has 4 heteroatoms. The number of carbonyl (C=O) groups is 1. The minimum atomic E-state index is -0.328. The highest BCUT2D eigenvalue weighted by molar-refractivity contribution is 6.04. The van der Waals surface area contributed by atoms with Gasteiger partial charge in [-0.05, 0) is 127 Å². The van der Waals surface area contributed by atoms with E-state index in [1.807, 2.05) is 17.9 Å². The summed E-state index contributed by atoms with van der Waals surface area (Å²) in [6, 6.07) is 0. The number of aromatic nitrogens is 2. The molecule has 1 saturated heterocycles. The van der Waals surface area contributed by atoms with Crippen LogP contribution in [0.3, 0.4) is 0 Å². The molecule has 40 heavy (non-hydrogen) atoms. The summed E-state index contributed by atoms with van der Waals surface area (Å²) in [7, 11) is 1.99. The van der Waals surface area contributed by atoms with E-state index in [1.165, 1.54) is 51.4 Å². The van der Waals surface area contributed by atoms with E-state index in [2.05, 4.69) is 66.6 Å². The van der Waals surface area contributed by atoms with Gasteiger partial charge in [0.1, 0.15) is 0 Å². The minimum absolute atomic E-state index is 0.136. The summed E-state index contributed by atoms with van der Waals surface area (Å²) in [6.07, 6.45) is 16.0. The second-order valence-corrected chi connectivity index (χ2v) is 17.5. The standard InChI is InChI=1S/C36H54N2O2/c1-22-24(20-37-38(22)9)18-23-19-33(6)26(32(4,5)29(23)39)12-13-35(8)27(33)11-10-25-28-30-31(2,3)14-16-36(28,21-40-30)17-15-34(25,35)7/h18,20,25-28,30H,10-17,19,21H2,1-9H3/b23-18+/t25?,26?,27?,28?,30-,33-,34+,35+,36+/m0/s1. The fraction of sp³-hybridized carbons (Fsp3) is 0.833. The van der Waals surface area contributed by atoms with Gasteiger partial charge in [0.15, 0.2) is 5.78 Å². The van der Waals surface area contributed by atoms with E-state index in [9.17, 15) is 4.79 Å². The van der Waals surface area contributed by atoms with Crippen molar-refractivity contribution in [3.05, 3.63) is 23.0 Å². The van der Waals surface area contributed by atoms with Crippen LogP contribution in [0.2, 0.25) is 0 Å². The number of rotatable bonds is 1. The zero-order chi connectivity index (χ0) is 28.7. The first-order chi connectivity index (χ1) is 18.6. The van der Waals surface area contributed by atoms with Crippen molar-refractivity contribution in [1.29, 1.82) is 0 Å². The third kappa shape index (κ3) is 3.18. The third-order valence-corrected chi connectivity index (χ3v) is 15.3. The molecule has 0 spiro atoms. The van der Waals surface area contributed by atoms with Crippen molar-refractivity contribution in [3.8, 4) is 0 Å². The van der Waals surface area contributed by atoms with Crippen LogP contribution in [0.4, 0.5) is 0 Å². The molecule has 6 fully saturated rings. The Morgan fingerprint density at radius 3 is 2.35 bits per heavy atom. The van der Waals surface area contributed by atoms with E-state index in [-0.39, 0.29) is 10.8 Å². The van der Waals surface area contributed by atoms with E-state index in [1.54, 1.807) is 0 Å². The van der Waals surface area contributed by atoms with Crippen LogP contribution in [0, 0.1) is 63.1 Å². The Balaban J connectivity index is 1.28. The highest BCUT2D eigenvalue weighted by atomic mass is 16.5. The lowest BCUT2D eigenvalue weighted by atomic mass is 9.31. The molecule has 0 amide bonds. The predicted molar refractivity (Wildman–Crippen MR) is 160 cm³/mol. The number of hydrogen-bond acceptors (Lipinski definition) is 3. The molecule has 1 aromatic rings. The Kier molecular flexibility index (Phi) is 5.58. The van der Waals surface area contributed by atoms with Crippen molar-refractivity contribution in [2.24, 2.45) is 63.2 Å². The van der Waals surface area contributed by atoms with E-state index in [0.29, 0.717) is 45.4 Å².